The van der Waals surface area contributed by atoms with Crippen LogP contribution in [0.1, 0.15) is 66.7 Å². The van der Waals surface area contributed by atoms with Gasteiger partial charge in [0, 0.05) is 5.41 Å². The maximum absolute atomic E-state index is 9.17. The van der Waals surface area contributed by atoms with Crippen molar-refractivity contribution in [3.63, 3.8) is 0 Å². The van der Waals surface area contributed by atoms with E-state index in [1.165, 1.54) is 25.7 Å². The SMILES string of the molecule is C/C(=N/O)[C@@]1(C)CC2=C(CCCC2(C)C)C[C@H]1C. The molecule has 0 bridgehead atoms. The van der Waals surface area contributed by atoms with E-state index in [2.05, 4.69) is 32.9 Å². The van der Waals surface area contributed by atoms with Crippen molar-refractivity contribution in [1.29, 1.82) is 0 Å². The van der Waals surface area contributed by atoms with Gasteiger partial charge in [0.1, 0.15) is 0 Å². The van der Waals surface area contributed by atoms with Crippen LogP contribution in [0.25, 0.3) is 0 Å². The van der Waals surface area contributed by atoms with Crippen LogP contribution in [0.15, 0.2) is 16.3 Å². The van der Waals surface area contributed by atoms with Crippen molar-refractivity contribution in [2.24, 2.45) is 21.9 Å². The summed E-state index contributed by atoms with van der Waals surface area (Å²) in [6, 6.07) is 0. The molecule has 0 radical (unpaired) electrons. The molecule has 102 valence electrons. The fraction of sp³-hybridized carbons (Fsp3) is 0.812. The maximum atomic E-state index is 9.17. The van der Waals surface area contributed by atoms with E-state index >= 15 is 0 Å². The molecular weight excluding hydrogens is 222 g/mol. The lowest BCUT2D eigenvalue weighted by molar-refractivity contribution is 0.214. The smallest absolute Gasteiger partial charge is 0.0604 e. The van der Waals surface area contributed by atoms with E-state index in [1.54, 1.807) is 11.1 Å². The molecule has 0 aromatic heterocycles. The molecule has 2 aliphatic carbocycles. The van der Waals surface area contributed by atoms with E-state index in [-0.39, 0.29) is 5.41 Å². The molecule has 0 spiro atoms. The molecule has 0 aliphatic heterocycles. The lowest BCUT2D eigenvalue weighted by atomic mass is 9.57. The summed E-state index contributed by atoms with van der Waals surface area (Å²) in [5, 5.41) is 12.7. The minimum Gasteiger partial charge on any atom is -0.411 e. The van der Waals surface area contributed by atoms with Gasteiger partial charge in [-0.15, -0.1) is 0 Å². The second-order valence-corrected chi connectivity index (χ2v) is 7.20. The first-order valence-electron chi connectivity index (χ1n) is 7.22. The molecule has 0 heterocycles. The molecule has 2 heteroatoms. The van der Waals surface area contributed by atoms with Crippen LogP contribution in [0.3, 0.4) is 0 Å². The summed E-state index contributed by atoms with van der Waals surface area (Å²) >= 11 is 0. The highest BCUT2D eigenvalue weighted by Crippen LogP contribution is 2.54. The second kappa shape index (κ2) is 4.40. The van der Waals surface area contributed by atoms with Crippen LogP contribution < -0.4 is 0 Å². The largest absolute Gasteiger partial charge is 0.411 e. The first-order chi connectivity index (χ1) is 8.31. The molecule has 0 aromatic carbocycles. The molecule has 1 N–H and O–H groups in total. The van der Waals surface area contributed by atoms with Crippen molar-refractivity contribution in [2.45, 2.75) is 66.7 Å². The molecule has 0 saturated heterocycles. The first-order valence-corrected chi connectivity index (χ1v) is 7.22. The van der Waals surface area contributed by atoms with Gasteiger partial charge in [-0.05, 0) is 50.4 Å². The fourth-order valence-electron chi connectivity index (χ4n) is 3.85. The summed E-state index contributed by atoms with van der Waals surface area (Å²) in [6.45, 7) is 11.3. The standard InChI is InChI=1S/C16H27NO/c1-11-9-13-7-6-8-15(3,4)14(13)10-16(11,5)12(2)17-18/h11,18H,6-10H2,1-5H3/b17-12-/t11-,16+/m1/s1. The van der Waals surface area contributed by atoms with Crippen LogP contribution in [0.4, 0.5) is 0 Å². The lowest BCUT2D eigenvalue weighted by Crippen LogP contribution is -2.40. The van der Waals surface area contributed by atoms with Gasteiger partial charge in [0.15, 0.2) is 0 Å². The average molecular weight is 249 g/mol. The zero-order chi connectivity index (χ0) is 13.6. The van der Waals surface area contributed by atoms with Crippen molar-refractivity contribution in [1.82, 2.24) is 0 Å². The predicted octanol–water partition coefficient (Wildman–Crippen LogP) is 4.78. The van der Waals surface area contributed by atoms with Crippen LogP contribution in [0.5, 0.6) is 0 Å². The van der Waals surface area contributed by atoms with E-state index in [9.17, 15) is 0 Å². The number of nitrogens with zero attached hydrogens (tertiary/aromatic N) is 1. The zero-order valence-corrected chi connectivity index (χ0v) is 12.5. The Hall–Kier alpha value is -0.790. The van der Waals surface area contributed by atoms with Crippen LogP contribution in [0, 0.1) is 16.7 Å². The molecule has 0 unspecified atom stereocenters. The molecule has 0 fully saturated rings. The molecule has 2 aliphatic rings. The predicted molar refractivity (Wildman–Crippen MR) is 76.1 cm³/mol. The Morgan fingerprint density at radius 1 is 1.33 bits per heavy atom. The molecule has 0 amide bonds. The molecule has 2 atom stereocenters. The monoisotopic (exact) mass is 249 g/mol. The summed E-state index contributed by atoms with van der Waals surface area (Å²) in [4.78, 5) is 0. The van der Waals surface area contributed by atoms with Crippen molar-refractivity contribution >= 4 is 5.71 Å². The number of allylic oxidation sites excluding steroid dienone is 2. The number of hydrogen-bond donors (Lipinski definition) is 1. The van der Waals surface area contributed by atoms with Gasteiger partial charge < -0.3 is 5.21 Å². The van der Waals surface area contributed by atoms with Crippen LogP contribution >= 0.6 is 0 Å². The average Bonchev–Trinajstić information content (AvgIpc) is 2.30. The highest BCUT2D eigenvalue weighted by molar-refractivity contribution is 5.88. The zero-order valence-electron chi connectivity index (χ0n) is 12.5. The Kier molecular flexibility index (Phi) is 3.33. The van der Waals surface area contributed by atoms with E-state index < -0.39 is 0 Å². The summed E-state index contributed by atoms with van der Waals surface area (Å²) in [6.07, 6.45) is 6.18. The van der Waals surface area contributed by atoms with Crippen molar-refractivity contribution in [3.05, 3.63) is 11.1 Å². The normalized spacial score (nSPS) is 36.5. The summed E-state index contributed by atoms with van der Waals surface area (Å²) in [5.41, 5.74) is 4.61. The molecular formula is C16H27NO. The van der Waals surface area contributed by atoms with Gasteiger partial charge >= 0.3 is 0 Å². The van der Waals surface area contributed by atoms with Gasteiger partial charge in [0.2, 0.25) is 0 Å². The highest BCUT2D eigenvalue weighted by atomic mass is 16.4. The van der Waals surface area contributed by atoms with Gasteiger partial charge in [-0.3, -0.25) is 0 Å². The minimum absolute atomic E-state index is 0.0300. The van der Waals surface area contributed by atoms with Crippen molar-refractivity contribution in [2.75, 3.05) is 0 Å². The quantitative estimate of drug-likeness (QED) is 0.308. The maximum Gasteiger partial charge on any atom is 0.0604 e. The number of hydrogen-bond acceptors (Lipinski definition) is 2. The van der Waals surface area contributed by atoms with Gasteiger partial charge in [-0.1, -0.05) is 44.0 Å². The van der Waals surface area contributed by atoms with Gasteiger partial charge in [-0.2, -0.15) is 0 Å². The second-order valence-electron chi connectivity index (χ2n) is 7.20. The van der Waals surface area contributed by atoms with E-state index in [1.807, 2.05) is 6.92 Å². The Balaban J connectivity index is 2.41. The molecule has 2 rings (SSSR count). The topological polar surface area (TPSA) is 32.6 Å². The third kappa shape index (κ3) is 2.00. The third-order valence-corrected chi connectivity index (χ3v) is 5.68. The van der Waals surface area contributed by atoms with Gasteiger partial charge in [0.25, 0.3) is 0 Å². The summed E-state index contributed by atoms with van der Waals surface area (Å²) in [7, 11) is 0. The van der Waals surface area contributed by atoms with Gasteiger partial charge in [-0.25, -0.2) is 0 Å². The summed E-state index contributed by atoms with van der Waals surface area (Å²) in [5.74, 6) is 0.570. The molecule has 0 saturated carbocycles. The Morgan fingerprint density at radius 3 is 2.61 bits per heavy atom. The Morgan fingerprint density at radius 2 is 2.00 bits per heavy atom. The first kappa shape index (κ1) is 13.6. The van der Waals surface area contributed by atoms with Gasteiger partial charge in [0.05, 0.1) is 5.71 Å². The third-order valence-electron chi connectivity index (χ3n) is 5.68. The fourth-order valence-corrected chi connectivity index (χ4v) is 3.85. The van der Waals surface area contributed by atoms with E-state index in [0.717, 1.165) is 12.1 Å². The minimum atomic E-state index is 0.0300. The Labute approximate surface area is 111 Å². The van der Waals surface area contributed by atoms with Crippen LogP contribution in [0.2, 0.25) is 0 Å². The number of oxime groups is 1. The van der Waals surface area contributed by atoms with E-state index in [0.29, 0.717) is 11.3 Å². The van der Waals surface area contributed by atoms with Crippen molar-refractivity contribution < 1.29 is 5.21 Å². The molecule has 18 heavy (non-hydrogen) atoms. The van der Waals surface area contributed by atoms with Crippen LogP contribution in [-0.4, -0.2) is 10.9 Å². The summed E-state index contributed by atoms with van der Waals surface area (Å²) < 4.78 is 0. The molecule has 0 aromatic rings. The lowest BCUT2D eigenvalue weighted by Gasteiger charge is -2.48. The molecule has 2 nitrogen and oxygen atoms in total. The Bertz CT molecular complexity index is 405. The number of rotatable bonds is 1. The van der Waals surface area contributed by atoms with E-state index in [4.69, 9.17) is 5.21 Å². The highest BCUT2D eigenvalue weighted by Gasteiger charge is 2.44. The van der Waals surface area contributed by atoms with Crippen molar-refractivity contribution in [3.8, 4) is 0 Å². The van der Waals surface area contributed by atoms with Crippen LogP contribution in [-0.2, 0) is 0 Å².